The first-order chi connectivity index (χ1) is 6.16. The highest BCUT2D eigenvalue weighted by Gasteiger charge is 2.48. The highest BCUT2D eigenvalue weighted by atomic mass is 32.2. The van der Waals surface area contributed by atoms with E-state index >= 15 is 0 Å². The molecule has 2 atom stereocenters. The van der Waals surface area contributed by atoms with Gasteiger partial charge in [0.1, 0.15) is 0 Å². The molecule has 0 spiro atoms. The van der Waals surface area contributed by atoms with E-state index < -0.39 is 0 Å². The molecule has 0 aromatic carbocycles. The molecule has 76 valence electrons. The van der Waals surface area contributed by atoms with Crippen molar-refractivity contribution in [3.05, 3.63) is 0 Å². The number of piperidine rings is 1. The Morgan fingerprint density at radius 1 is 1.46 bits per heavy atom. The Hall–Kier alpha value is 0.230. The summed E-state index contributed by atoms with van der Waals surface area (Å²) in [6.45, 7) is 2.23. The third kappa shape index (κ3) is 1.50. The van der Waals surface area contributed by atoms with Crippen LogP contribution in [-0.2, 0) is 0 Å². The lowest BCUT2D eigenvalue weighted by Crippen LogP contribution is -2.67. The van der Waals surface area contributed by atoms with Crippen LogP contribution in [0.25, 0.3) is 0 Å². The Kier molecular flexibility index (Phi) is 2.57. The van der Waals surface area contributed by atoms with Gasteiger partial charge in [0.15, 0.2) is 0 Å². The van der Waals surface area contributed by atoms with Gasteiger partial charge < -0.3 is 15.7 Å². The smallest absolute Gasteiger partial charge is 0.0618 e. The van der Waals surface area contributed by atoms with E-state index in [4.69, 9.17) is 5.73 Å². The fourth-order valence-electron chi connectivity index (χ4n) is 2.53. The normalized spacial score (nSPS) is 46.4. The number of fused-ring (bicyclic) bond motifs is 2. The van der Waals surface area contributed by atoms with Gasteiger partial charge in [-0.1, -0.05) is 0 Å². The number of likely N-dealkylation sites (tertiary alicyclic amines) is 1. The zero-order valence-corrected chi connectivity index (χ0v) is 8.89. The van der Waals surface area contributed by atoms with Crippen LogP contribution in [0.1, 0.15) is 0 Å². The summed E-state index contributed by atoms with van der Waals surface area (Å²) in [4.78, 5) is 2.34. The van der Waals surface area contributed by atoms with Crippen molar-refractivity contribution in [3.63, 3.8) is 0 Å². The molecule has 0 aromatic heterocycles. The van der Waals surface area contributed by atoms with Crippen LogP contribution in [0, 0.1) is 11.8 Å². The molecule has 4 heteroatoms. The fraction of sp³-hybridized carbons (Fsp3) is 1.00. The van der Waals surface area contributed by atoms with E-state index in [0.29, 0.717) is 11.8 Å². The lowest BCUT2D eigenvalue weighted by atomic mass is 9.73. The minimum absolute atomic E-state index is 0.150. The monoisotopic (exact) mass is 202 g/mol. The first-order valence-corrected chi connectivity index (χ1v) is 5.98. The van der Waals surface area contributed by atoms with Crippen molar-refractivity contribution >= 4 is 11.8 Å². The number of thioether (sulfide) groups is 1. The Morgan fingerprint density at radius 3 is 2.46 bits per heavy atom. The molecule has 2 saturated heterocycles. The van der Waals surface area contributed by atoms with Crippen LogP contribution in [0.3, 0.4) is 0 Å². The Balaban J connectivity index is 2.19. The molecule has 0 aliphatic carbocycles. The predicted octanol–water partition coefficient (Wildman–Crippen LogP) is -0.399. The standard InChI is InChI=1S/C9H18N2OS/c1-11-2-7-4-13-5-8(3-11)9(7,10)6-12/h7-8,12H,2-6,10H2,1H3. The van der Waals surface area contributed by atoms with Gasteiger partial charge in [-0.25, -0.2) is 0 Å². The van der Waals surface area contributed by atoms with Crippen LogP contribution in [0.4, 0.5) is 0 Å². The van der Waals surface area contributed by atoms with Crippen molar-refractivity contribution in [3.8, 4) is 0 Å². The van der Waals surface area contributed by atoms with Crippen molar-refractivity contribution in [2.24, 2.45) is 17.6 Å². The van der Waals surface area contributed by atoms with Crippen LogP contribution >= 0.6 is 11.8 Å². The highest BCUT2D eigenvalue weighted by molar-refractivity contribution is 7.99. The number of nitrogens with zero attached hydrogens (tertiary/aromatic N) is 1. The second-order valence-electron chi connectivity index (χ2n) is 4.42. The van der Waals surface area contributed by atoms with Gasteiger partial charge in [0, 0.05) is 30.5 Å². The number of aliphatic hydroxyl groups is 1. The van der Waals surface area contributed by atoms with Crippen LogP contribution in [0.5, 0.6) is 0 Å². The van der Waals surface area contributed by atoms with Gasteiger partial charge in [-0.15, -0.1) is 0 Å². The van der Waals surface area contributed by atoms with Crippen molar-refractivity contribution in [2.45, 2.75) is 5.54 Å². The molecule has 3 N–H and O–H groups in total. The van der Waals surface area contributed by atoms with Crippen molar-refractivity contribution in [1.29, 1.82) is 0 Å². The number of hydrogen-bond donors (Lipinski definition) is 2. The number of aliphatic hydroxyl groups excluding tert-OH is 1. The molecular formula is C9H18N2OS. The maximum atomic E-state index is 9.39. The van der Waals surface area contributed by atoms with Crippen LogP contribution in [0.2, 0.25) is 0 Å². The van der Waals surface area contributed by atoms with Crippen molar-refractivity contribution in [1.82, 2.24) is 4.90 Å². The zero-order chi connectivity index (χ0) is 9.47. The quantitative estimate of drug-likeness (QED) is 0.607. The van der Waals surface area contributed by atoms with E-state index in [1.165, 1.54) is 0 Å². The summed E-state index contributed by atoms with van der Waals surface area (Å²) in [6, 6.07) is 0. The van der Waals surface area contributed by atoms with E-state index in [-0.39, 0.29) is 12.1 Å². The molecule has 0 amide bonds. The minimum Gasteiger partial charge on any atom is -0.394 e. The highest BCUT2D eigenvalue weighted by Crippen LogP contribution is 2.38. The van der Waals surface area contributed by atoms with Gasteiger partial charge in [0.25, 0.3) is 0 Å². The maximum Gasteiger partial charge on any atom is 0.0618 e. The lowest BCUT2D eigenvalue weighted by molar-refractivity contribution is 0.0250. The summed E-state index contributed by atoms with van der Waals surface area (Å²) >= 11 is 1.99. The Labute approximate surface area is 83.7 Å². The molecule has 2 unspecified atom stereocenters. The molecule has 0 aromatic rings. The molecular weight excluding hydrogens is 184 g/mol. The van der Waals surface area contributed by atoms with Gasteiger partial charge in [-0.05, 0) is 18.6 Å². The second kappa shape index (κ2) is 3.42. The average Bonchev–Trinajstić information content (AvgIpc) is 2.08. The van der Waals surface area contributed by atoms with Crippen LogP contribution < -0.4 is 5.73 Å². The van der Waals surface area contributed by atoms with Crippen LogP contribution in [0.15, 0.2) is 0 Å². The molecule has 2 aliphatic rings. The van der Waals surface area contributed by atoms with Gasteiger partial charge in [0.2, 0.25) is 0 Å². The Morgan fingerprint density at radius 2 is 2.00 bits per heavy atom. The average molecular weight is 202 g/mol. The Bertz CT molecular complexity index is 186. The van der Waals surface area contributed by atoms with E-state index in [9.17, 15) is 5.11 Å². The summed E-state index contributed by atoms with van der Waals surface area (Å²) in [6.07, 6.45) is 0. The number of nitrogens with two attached hydrogens (primary N) is 1. The summed E-state index contributed by atoms with van der Waals surface area (Å²) in [5.41, 5.74) is 5.99. The molecule has 3 nitrogen and oxygen atoms in total. The summed E-state index contributed by atoms with van der Waals surface area (Å²) in [7, 11) is 2.15. The molecule has 0 radical (unpaired) electrons. The van der Waals surface area contributed by atoms with E-state index in [1.807, 2.05) is 11.8 Å². The third-order valence-electron chi connectivity index (χ3n) is 3.50. The molecule has 2 rings (SSSR count). The van der Waals surface area contributed by atoms with Gasteiger partial charge in [-0.3, -0.25) is 0 Å². The lowest BCUT2D eigenvalue weighted by Gasteiger charge is -2.52. The minimum atomic E-state index is -0.294. The fourth-order valence-corrected chi connectivity index (χ4v) is 4.06. The first kappa shape index (κ1) is 9.77. The number of hydrogen-bond acceptors (Lipinski definition) is 4. The molecule has 2 bridgehead atoms. The first-order valence-electron chi connectivity index (χ1n) is 4.83. The second-order valence-corrected chi connectivity index (χ2v) is 5.50. The summed E-state index contributed by atoms with van der Waals surface area (Å²) in [5, 5.41) is 9.39. The van der Waals surface area contributed by atoms with Crippen molar-refractivity contribution in [2.75, 3.05) is 38.2 Å². The summed E-state index contributed by atoms with van der Waals surface area (Å²) < 4.78 is 0. The van der Waals surface area contributed by atoms with Crippen LogP contribution in [-0.4, -0.2) is 53.8 Å². The molecule has 13 heavy (non-hydrogen) atoms. The zero-order valence-electron chi connectivity index (χ0n) is 8.07. The molecule has 0 saturated carbocycles. The molecule has 2 fully saturated rings. The predicted molar refractivity (Wildman–Crippen MR) is 55.8 cm³/mol. The van der Waals surface area contributed by atoms with E-state index in [1.54, 1.807) is 0 Å². The van der Waals surface area contributed by atoms with E-state index in [2.05, 4.69) is 11.9 Å². The SMILES string of the molecule is CN1CC2CSCC(C1)C2(N)CO. The molecule has 2 aliphatic heterocycles. The molecule has 2 heterocycles. The van der Waals surface area contributed by atoms with Gasteiger partial charge >= 0.3 is 0 Å². The van der Waals surface area contributed by atoms with E-state index in [0.717, 1.165) is 24.6 Å². The topological polar surface area (TPSA) is 49.5 Å². The summed E-state index contributed by atoms with van der Waals surface area (Å²) in [5.74, 6) is 3.16. The van der Waals surface area contributed by atoms with Crippen molar-refractivity contribution < 1.29 is 5.11 Å². The third-order valence-corrected chi connectivity index (χ3v) is 4.77. The maximum absolute atomic E-state index is 9.39. The number of rotatable bonds is 1. The van der Waals surface area contributed by atoms with Gasteiger partial charge in [-0.2, -0.15) is 11.8 Å². The largest absolute Gasteiger partial charge is 0.394 e. The van der Waals surface area contributed by atoms with Gasteiger partial charge in [0.05, 0.1) is 6.61 Å².